The summed E-state index contributed by atoms with van der Waals surface area (Å²) in [6.45, 7) is 6.80. The van der Waals surface area contributed by atoms with Gasteiger partial charge in [-0.3, -0.25) is 9.80 Å². The number of hydrogen-bond acceptors (Lipinski definition) is 4. The number of rotatable bonds is 3. The van der Waals surface area contributed by atoms with E-state index in [0.717, 1.165) is 45.7 Å². The zero-order valence-electron chi connectivity index (χ0n) is 31.5. The minimum absolute atomic E-state index is 0.109. The van der Waals surface area contributed by atoms with Crippen molar-refractivity contribution in [2.24, 2.45) is 0 Å². The standard InChI is InChI=1S/C50H41BN2O2/c1-30-28-40-45-41(29-30)53(33-20-11-6-12-21-33)49-44(37-26-27-39-42(47(37)55-49)35-22-13-14-25-38(35)50(39,2)3)51(45)43-36-24-15-23-34(31-16-7-4-8-17-31)46(36)54-48(43)52(40)32-18-9-5-10-19-32/h5-6,9-15,18-29,31H,4,7-8,16-17H2,1-3H3. The van der Waals surface area contributed by atoms with Gasteiger partial charge in [-0.15, -0.1) is 0 Å². The number of furan rings is 2. The van der Waals surface area contributed by atoms with Crippen LogP contribution in [-0.2, 0) is 5.41 Å². The predicted molar refractivity (Wildman–Crippen MR) is 228 cm³/mol. The highest BCUT2D eigenvalue weighted by molar-refractivity contribution is 7.02. The van der Waals surface area contributed by atoms with Gasteiger partial charge in [-0.25, -0.2) is 0 Å². The first kappa shape index (κ1) is 31.4. The smallest absolute Gasteiger partial charge is 0.262 e. The van der Waals surface area contributed by atoms with E-state index in [9.17, 15) is 0 Å². The Morgan fingerprint density at radius 1 is 0.582 bits per heavy atom. The maximum Gasteiger partial charge on any atom is 0.262 e. The molecule has 6 aromatic carbocycles. The first-order chi connectivity index (χ1) is 27.0. The van der Waals surface area contributed by atoms with Crippen LogP contribution in [-0.4, -0.2) is 6.71 Å². The van der Waals surface area contributed by atoms with E-state index in [1.165, 1.54) is 92.6 Å². The van der Waals surface area contributed by atoms with E-state index in [0.29, 0.717) is 5.92 Å². The van der Waals surface area contributed by atoms with E-state index >= 15 is 0 Å². The van der Waals surface area contributed by atoms with Crippen LogP contribution < -0.4 is 26.2 Å². The third-order valence-corrected chi connectivity index (χ3v) is 13.3. The van der Waals surface area contributed by atoms with Gasteiger partial charge in [-0.1, -0.05) is 124 Å². The number of aryl methyl sites for hydroxylation is 1. The van der Waals surface area contributed by atoms with Gasteiger partial charge < -0.3 is 8.83 Å². The zero-order chi connectivity index (χ0) is 36.6. The molecule has 0 unspecified atom stereocenters. The van der Waals surface area contributed by atoms with Gasteiger partial charge in [0, 0.05) is 55.4 Å². The number of anilines is 6. The highest BCUT2D eigenvalue weighted by Gasteiger charge is 2.50. The van der Waals surface area contributed by atoms with Gasteiger partial charge in [0.05, 0.1) is 0 Å². The number of fused-ring (bicyclic) bond motifs is 12. The molecule has 0 radical (unpaired) electrons. The molecule has 2 aliphatic carbocycles. The molecule has 55 heavy (non-hydrogen) atoms. The van der Waals surface area contributed by atoms with Crippen molar-refractivity contribution in [3.63, 3.8) is 0 Å². The van der Waals surface area contributed by atoms with Gasteiger partial charge in [-0.2, -0.15) is 0 Å². The summed E-state index contributed by atoms with van der Waals surface area (Å²) in [6, 6.07) is 46.9. The summed E-state index contributed by atoms with van der Waals surface area (Å²) < 4.78 is 14.8. The van der Waals surface area contributed by atoms with Crippen LogP contribution in [0.5, 0.6) is 0 Å². The van der Waals surface area contributed by atoms with Crippen molar-refractivity contribution in [2.75, 3.05) is 9.80 Å². The van der Waals surface area contributed by atoms with E-state index in [1.54, 1.807) is 0 Å². The molecule has 2 aromatic heterocycles. The van der Waals surface area contributed by atoms with E-state index in [2.05, 4.69) is 158 Å². The third kappa shape index (κ3) is 4.19. The fraction of sp³-hybridized carbons (Fsp3) is 0.200. The second-order valence-corrected chi connectivity index (χ2v) is 16.7. The van der Waals surface area contributed by atoms with E-state index < -0.39 is 0 Å². The Bertz CT molecular complexity index is 2860. The SMILES string of the molecule is Cc1cc2c3c(c1)N(c1ccccc1)c1oc4c5c(ccc4c1B3c1c(oc3c(C4CCCCC4)cccc13)N2c1ccccc1)C(C)(C)c1ccccc1-5. The third-order valence-electron chi connectivity index (χ3n) is 13.3. The Hall–Kier alpha value is -5.94. The topological polar surface area (TPSA) is 32.8 Å². The number of nitrogens with zero attached hydrogens (tertiary/aromatic N) is 2. The van der Waals surface area contributed by atoms with Gasteiger partial charge in [0.25, 0.3) is 6.71 Å². The second kappa shape index (κ2) is 11.3. The second-order valence-electron chi connectivity index (χ2n) is 16.7. The lowest BCUT2D eigenvalue weighted by Gasteiger charge is -2.40. The van der Waals surface area contributed by atoms with Crippen molar-refractivity contribution < 1.29 is 8.83 Å². The molecule has 0 bridgehead atoms. The van der Waals surface area contributed by atoms with Crippen molar-refractivity contribution in [2.45, 2.75) is 64.2 Å². The Kier molecular flexibility index (Phi) is 6.46. The lowest BCUT2D eigenvalue weighted by molar-refractivity contribution is 0.441. The molecular formula is C50H41BN2O2. The van der Waals surface area contributed by atoms with Crippen LogP contribution >= 0.6 is 0 Å². The van der Waals surface area contributed by atoms with Crippen LogP contribution in [0.1, 0.15) is 74.1 Å². The van der Waals surface area contributed by atoms with Crippen LogP contribution in [0.3, 0.4) is 0 Å². The number of benzene rings is 6. The molecule has 266 valence electrons. The van der Waals surface area contributed by atoms with Crippen molar-refractivity contribution in [1.82, 2.24) is 0 Å². The quantitative estimate of drug-likeness (QED) is 0.171. The van der Waals surface area contributed by atoms with Crippen LogP contribution in [0.2, 0.25) is 0 Å². The Labute approximate surface area is 322 Å². The normalized spacial score (nSPS) is 16.6. The average molecular weight is 713 g/mol. The Morgan fingerprint density at radius 2 is 1.18 bits per heavy atom. The van der Waals surface area contributed by atoms with Crippen molar-refractivity contribution in [3.05, 3.63) is 150 Å². The molecule has 1 fully saturated rings. The van der Waals surface area contributed by atoms with Gasteiger partial charge in [-0.05, 0) is 95.4 Å². The molecule has 2 aliphatic heterocycles. The summed E-state index contributed by atoms with van der Waals surface area (Å²) in [5, 5.41) is 2.38. The maximum atomic E-state index is 7.46. The molecule has 0 saturated heterocycles. The van der Waals surface area contributed by atoms with Crippen LogP contribution in [0.15, 0.2) is 136 Å². The molecule has 5 heteroatoms. The number of hydrogen-bond donors (Lipinski definition) is 0. The molecule has 4 aliphatic rings. The molecular weight excluding hydrogens is 671 g/mol. The molecule has 4 nitrogen and oxygen atoms in total. The largest absolute Gasteiger partial charge is 0.440 e. The van der Waals surface area contributed by atoms with Gasteiger partial charge >= 0.3 is 0 Å². The van der Waals surface area contributed by atoms with Crippen LogP contribution in [0, 0.1) is 6.92 Å². The monoisotopic (exact) mass is 712 g/mol. The van der Waals surface area contributed by atoms with Crippen LogP contribution in [0.25, 0.3) is 33.1 Å². The molecule has 8 aromatic rings. The molecule has 0 atom stereocenters. The summed E-state index contributed by atoms with van der Waals surface area (Å²) in [7, 11) is 0. The first-order valence-electron chi connectivity index (χ1n) is 20.1. The Balaban J connectivity index is 1.23. The minimum atomic E-state index is -0.135. The fourth-order valence-electron chi connectivity index (χ4n) is 10.9. The number of para-hydroxylation sites is 3. The molecule has 1 saturated carbocycles. The average Bonchev–Trinajstić information content (AvgIpc) is 3.87. The molecule has 0 amide bonds. The fourth-order valence-corrected chi connectivity index (χ4v) is 10.9. The lowest BCUT2D eigenvalue weighted by atomic mass is 9.33. The lowest BCUT2D eigenvalue weighted by Crippen LogP contribution is -2.60. The highest BCUT2D eigenvalue weighted by Crippen LogP contribution is 2.54. The summed E-state index contributed by atoms with van der Waals surface area (Å²) in [6.07, 6.45) is 6.30. The molecule has 4 heterocycles. The Morgan fingerprint density at radius 3 is 1.85 bits per heavy atom. The van der Waals surface area contributed by atoms with Crippen LogP contribution in [0.4, 0.5) is 34.5 Å². The zero-order valence-corrected chi connectivity index (χ0v) is 31.5. The van der Waals surface area contributed by atoms with Gasteiger partial charge in [0.1, 0.15) is 11.2 Å². The predicted octanol–water partition coefficient (Wildman–Crippen LogP) is 11.9. The van der Waals surface area contributed by atoms with Crippen molar-refractivity contribution >= 4 is 79.6 Å². The van der Waals surface area contributed by atoms with E-state index in [-0.39, 0.29) is 12.1 Å². The van der Waals surface area contributed by atoms with Gasteiger partial charge in [0.15, 0.2) is 0 Å². The van der Waals surface area contributed by atoms with Gasteiger partial charge in [0.2, 0.25) is 11.8 Å². The first-order valence-corrected chi connectivity index (χ1v) is 20.1. The molecule has 0 N–H and O–H groups in total. The maximum absolute atomic E-state index is 7.46. The molecule has 0 spiro atoms. The summed E-state index contributed by atoms with van der Waals surface area (Å²) in [5.74, 6) is 2.31. The van der Waals surface area contributed by atoms with E-state index in [1.807, 2.05) is 0 Å². The highest BCUT2D eigenvalue weighted by atomic mass is 16.4. The summed E-state index contributed by atoms with van der Waals surface area (Å²) in [4.78, 5) is 4.79. The summed E-state index contributed by atoms with van der Waals surface area (Å²) >= 11 is 0. The summed E-state index contributed by atoms with van der Waals surface area (Å²) in [5.41, 5.74) is 17.8. The minimum Gasteiger partial charge on any atom is -0.440 e. The van der Waals surface area contributed by atoms with Crippen molar-refractivity contribution in [3.8, 4) is 11.1 Å². The van der Waals surface area contributed by atoms with Crippen molar-refractivity contribution in [1.29, 1.82) is 0 Å². The molecule has 12 rings (SSSR count). The van der Waals surface area contributed by atoms with E-state index in [4.69, 9.17) is 8.83 Å².